The van der Waals surface area contributed by atoms with Crippen molar-refractivity contribution in [2.45, 2.75) is 6.92 Å². The van der Waals surface area contributed by atoms with Gasteiger partial charge in [0.1, 0.15) is 6.79 Å². The molecule has 2 nitrogen and oxygen atoms in total. The smallest absolute Gasteiger partial charge is 0.106 e. The minimum absolute atomic E-state index is 0.651. The quantitative estimate of drug-likeness (QED) is 0.275. The molecule has 4 rings (SSSR count). The average Bonchev–Trinajstić information content (AvgIpc) is 2.83. The van der Waals surface area contributed by atoms with Crippen LogP contribution in [0.3, 0.4) is 0 Å². The van der Waals surface area contributed by atoms with Crippen molar-refractivity contribution in [3.63, 3.8) is 0 Å². The molecule has 4 aromatic rings. The summed E-state index contributed by atoms with van der Waals surface area (Å²) in [5.41, 5.74) is 7.43. The number of carbonyl (C=O) groups excluding carboxylic acids is 1. The van der Waals surface area contributed by atoms with Crippen molar-refractivity contribution in [2.75, 3.05) is 11.2 Å². The average molecular weight is 414 g/mol. The monoisotopic (exact) mass is 413 g/mol. The van der Waals surface area contributed by atoms with Crippen molar-refractivity contribution >= 4 is 25.1 Å². The summed E-state index contributed by atoms with van der Waals surface area (Å²) >= 11 is 4.14. The molecule has 0 saturated carbocycles. The van der Waals surface area contributed by atoms with E-state index in [0.29, 0.717) is 5.88 Å². The van der Waals surface area contributed by atoms with Crippen LogP contribution in [-0.4, -0.2) is 12.7 Å². The highest BCUT2D eigenvalue weighted by molar-refractivity contribution is 7.80. The Morgan fingerprint density at radius 1 is 0.633 bits per heavy atom. The molecule has 0 spiro atoms. The minimum atomic E-state index is 0.651. The van der Waals surface area contributed by atoms with Crippen molar-refractivity contribution in [2.24, 2.45) is 0 Å². The fourth-order valence-electron chi connectivity index (χ4n) is 2.91. The molecular formula is C27H27NOS. The van der Waals surface area contributed by atoms with Gasteiger partial charge in [-0.2, -0.15) is 12.6 Å². The molecule has 0 unspecified atom stereocenters. The van der Waals surface area contributed by atoms with Gasteiger partial charge < -0.3 is 10.1 Å². The second-order valence-electron chi connectivity index (χ2n) is 6.51. The number of nitrogens with one attached hydrogen (secondary N) is 1. The fraction of sp³-hybridized carbons (Fsp3) is 0.0741. The van der Waals surface area contributed by atoms with Crippen LogP contribution in [0, 0.1) is 6.92 Å². The van der Waals surface area contributed by atoms with Crippen LogP contribution in [0.15, 0.2) is 109 Å². The first-order chi connectivity index (χ1) is 14.8. The van der Waals surface area contributed by atoms with Gasteiger partial charge in [0.2, 0.25) is 0 Å². The van der Waals surface area contributed by atoms with Crippen LogP contribution in [-0.2, 0) is 4.79 Å². The number of thiol groups is 1. The maximum absolute atomic E-state index is 8.00. The molecule has 4 aromatic carbocycles. The number of hydrogen-bond acceptors (Lipinski definition) is 3. The topological polar surface area (TPSA) is 29.1 Å². The molecule has 152 valence electrons. The molecule has 30 heavy (non-hydrogen) atoms. The minimum Gasteiger partial charge on any atom is -0.376 e. The zero-order valence-corrected chi connectivity index (χ0v) is 18.1. The van der Waals surface area contributed by atoms with E-state index in [0.717, 1.165) is 5.69 Å². The Morgan fingerprint density at radius 2 is 1.10 bits per heavy atom. The van der Waals surface area contributed by atoms with Crippen LogP contribution in [0.25, 0.3) is 22.3 Å². The van der Waals surface area contributed by atoms with Crippen molar-refractivity contribution in [3.05, 3.63) is 115 Å². The van der Waals surface area contributed by atoms with Gasteiger partial charge in [0.25, 0.3) is 0 Å². The predicted octanol–water partition coefficient (Wildman–Crippen LogP) is 7.13. The molecule has 0 aromatic heterocycles. The summed E-state index contributed by atoms with van der Waals surface area (Å²) in [5.74, 6) is 0.651. The molecule has 3 heteroatoms. The Morgan fingerprint density at radius 3 is 1.63 bits per heavy atom. The van der Waals surface area contributed by atoms with Gasteiger partial charge in [-0.15, -0.1) is 0 Å². The van der Waals surface area contributed by atoms with Crippen LogP contribution in [0.1, 0.15) is 5.56 Å². The predicted molar refractivity (Wildman–Crippen MR) is 133 cm³/mol. The third kappa shape index (κ3) is 7.26. The molecule has 0 atom stereocenters. The molecule has 0 aliphatic carbocycles. The molecule has 0 heterocycles. The molecule has 0 aliphatic heterocycles. The van der Waals surface area contributed by atoms with E-state index in [-0.39, 0.29) is 0 Å². The van der Waals surface area contributed by atoms with Gasteiger partial charge >= 0.3 is 0 Å². The summed E-state index contributed by atoms with van der Waals surface area (Å²) in [7, 11) is 0. The molecule has 0 bridgehead atoms. The first kappa shape index (κ1) is 23.0. The zero-order chi connectivity index (χ0) is 21.6. The van der Waals surface area contributed by atoms with E-state index >= 15 is 0 Å². The number of benzene rings is 4. The second kappa shape index (κ2) is 13.0. The molecule has 0 radical (unpaired) electrons. The Balaban J connectivity index is 0.000000199. The number of aryl methyl sites for hydroxylation is 1. The highest BCUT2D eigenvalue weighted by Crippen LogP contribution is 2.22. The maximum atomic E-state index is 8.00. The summed E-state index contributed by atoms with van der Waals surface area (Å²) in [6.45, 7) is 4.11. The van der Waals surface area contributed by atoms with Gasteiger partial charge in [-0.1, -0.05) is 103 Å². The third-order valence-corrected chi connectivity index (χ3v) is 4.57. The van der Waals surface area contributed by atoms with E-state index in [1.54, 1.807) is 0 Å². The SMILES string of the molecule is C=O.Cc1ccc(-c2ccccc2)cc1.SCNc1cccc(-c2ccccc2)c1. The van der Waals surface area contributed by atoms with E-state index in [1.807, 2.05) is 43.2 Å². The van der Waals surface area contributed by atoms with Crippen molar-refractivity contribution in [1.82, 2.24) is 0 Å². The van der Waals surface area contributed by atoms with E-state index in [4.69, 9.17) is 4.79 Å². The summed E-state index contributed by atoms with van der Waals surface area (Å²) in [6, 6.07) is 37.7. The van der Waals surface area contributed by atoms with Gasteiger partial charge in [-0.3, -0.25) is 0 Å². The maximum Gasteiger partial charge on any atom is 0.106 e. The van der Waals surface area contributed by atoms with Gasteiger partial charge in [0.05, 0.1) is 5.88 Å². The molecule has 0 amide bonds. The lowest BCUT2D eigenvalue weighted by Crippen LogP contribution is -1.93. The first-order valence-corrected chi connectivity index (χ1v) is 10.3. The summed E-state index contributed by atoms with van der Waals surface area (Å²) in [6.07, 6.45) is 0. The summed E-state index contributed by atoms with van der Waals surface area (Å²) in [4.78, 5) is 8.00. The Bertz CT molecular complexity index is 986. The van der Waals surface area contributed by atoms with E-state index < -0.39 is 0 Å². The normalized spacial score (nSPS) is 9.40. The summed E-state index contributed by atoms with van der Waals surface area (Å²) < 4.78 is 0. The van der Waals surface area contributed by atoms with Crippen LogP contribution >= 0.6 is 12.6 Å². The second-order valence-corrected chi connectivity index (χ2v) is 6.83. The van der Waals surface area contributed by atoms with E-state index in [2.05, 4.69) is 97.7 Å². The number of anilines is 1. The van der Waals surface area contributed by atoms with E-state index in [9.17, 15) is 0 Å². The standard InChI is InChI=1S/C13H13NS.C13H12.CH2O/c15-10-14-13-8-4-7-12(9-13)11-5-2-1-3-6-11;1-11-7-9-13(10-8-11)12-5-3-2-4-6-12;1-2/h1-9,14-15H,10H2;2-10H,1H3;1H2. The molecule has 0 fully saturated rings. The summed E-state index contributed by atoms with van der Waals surface area (Å²) in [5, 5.41) is 3.18. The third-order valence-electron chi connectivity index (χ3n) is 4.41. The van der Waals surface area contributed by atoms with Gasteiger partial charge in [-0.25, -0.2) is 0 Å². The van der Waals surface area contributed by atoms with E-state index in [1.165, 1.54) is 27.8 Å². The largest absolute Gasteiger partial charge is 0.376 e. The highest BCUT2D eigenvalue weighted by atomic mass is 32.1. The molecular weight excluding hydrogens is 386 g/mol. The van der Waals surface area contributed by atoms with Crippen molar-refractivity contribution in [1.29, 1.82) is 0 Å². The lowest BCUT2D eigenvalue weighted by Gasteiger charge is -2.06. The van der Waals surface area contributed by atoms with Crippen LogP contribution in [0.2, 0.25) is 0 Å². The lowest BCUT2D eigenvalue weighted by atomic mass is 10.0. The lowest BCUT2D eigenvalue weighted by molar-refractivity contribution is -0.0979. The first-order valence-electron chi connectivity index (χ1n) is 9.67. The number of rotatable bonds is 4. The molecule has 0 aliphatic rings. The number of carbonyl (C=O) groups is 1. The highest BCUT2D eigenvalue weighted by Gasteiger charge is 1.97. The van der Waals surface area contributed by atoms with Crippen LogP contribution in [0.5, 0.6) is 0 Å². The van der Waals surface area contributed by atoms with Crippen molar-refractivity contribution in [3.8, 4) is 22.3 Å². The van der Waals surface area contributed by atoms with Crippen LogP contribution < -0.4 is 5.32 Å². The molecule has 1 N–H and O–H groups in total. The van der Waals surface area contributed by atoms with Gasteiger partial charge in [0.15, 0.2) is 0 Å². The Labute approximate surface area is 185 Å². The Kier molecular flexibility index (Phi) is 9.98. The number of hydrogen-bond donors (Lipinski definition) is 2. The Hall–Kier alpha value is -3.30. The van der Waals surface area contributed by atoms with Crippen molar-refractivity contribution < 1.29 is 4.79 Å². The zero-order valence-electron chi connectivity index (χ0n) is 17.2. The fourth-order valence-corrected chi connectivity index (χ4v) is 3.09. The molecule has 0 saturated heterocycles. The van der Waals surface area contributed by atoms with Gasteiger partial charge in [-0.05, 0) is 41.3 Å². The van der Waals surface area contributed by atoms with Crippen LogP contribution in [0.4, 0.5) is 5.69 Å². The van der Waals surface area contributed by atoms with Gasteiger partial charge in [0, 0.05) is 5.69 Å².